The Balaban J connectivity index is 1.73. The van der Waals surface area contributed by atoms with Gasteiger partial charge in [-0.3, -0.25) is 10.3 Å². The Hall–Kier alpha value is -0.620. The van der Waals surface area contributed by atoms with E-state index in [0.717, 1.165) is 6.42 Å². The van der Waals surface area contributed by atoms with Gasteiger partial charge < -0.3 is 5.73 Å². The molecule has 3 rings (SSSR count). The van der Waals surface area contributed by atoms with E-state index in [4.69, 9.17) is 17.3 Å². The van der Waals surface area contributed by atoms with Crippen LogP contribution >= 0.6 is 24.2 Å². The number of hydrogen-bond donors (Lipinski definition) is 3. The Bertz CT molecular complexity index is 531. The number of nitrogens with zero attached hydrogens (tertiary/aromatic N) is 1. The van der Waals surface area contributed by atoms with E-state index in [1.807, 2.05) is 18.4 Å². The summed E-state index contributed by atoms with van der Waals surface area (Å²) in [4.78, 5) is 4.61. The molecule has 0 aromatic heterocycles. The van der Waals surface area contributed by atoms with Crippen molar-refractivity contribution in [2.75, 3.05) is 0 Å². The lowest BCUT2D eigenvalue weighted by atomic mass is 9.80. The van der Waals surface area contributed by atoms with Crippen molar-refractivity contribution in [2.24, 2.45) is 22.6 Å². The van der Waals surface area contributed by atoms with Gasteiger partial charge in [0.1, 0.15) is 5.83 Å². The largest absolute Gasteiger partial charge is 0.322 e. The molecule has 3 nitrogen and oxygen atoms in total. The highest BCUT2D eigenvalue weighted by atomic mass is 35.5. The van der Waals surface area contributed by atoms with E-state index in [1.165, 1.54) is 6.08 Å². The third kappa shape index (κ3) is 3.11. The van der Waals surface area contributed by atoms with Gasteiger partial charge in [-0.2, -0.15) is 12.6 Å². The van der Waals surface area contributed by atoms with Gasteiger partial charge in [-0.05, 0) is 25.1 Å². The molecule has 6 heteroatoms. The van der Waals surface area contributed by atoms with E-state index in [-0.39, 0.29) is 35.2 Å². The van der Waals surface area contributed by atoms with Crippen LogP contribution in [0, 0.1) is 11.8 Å². The Labute approximate surface area is 134 Å². The van der Waals surface area contributed by atoms with E-state index in [2.05, 4.69) is 29.0 Å². The van der Waals surface area contributed by atoms with Crippen LogP contribution in [0.1, 0.15) is 12.8 Å². The number of allylic oxidation sites excluding steroid dienone is 3. The van der Waals surface area contributed by atoms with Gasteiger partial charge in [0.05, 0.1) is 16.4 Å². The highest BCUT2D eigenvalue weighted by Crippen LogP contribution is 2.37. The van der Waals surface area contributed by atoms with Gasteiger partial charge in [-0.15, -0.1) is 0 Å². The van der Waals surface area contributed by atoms with Crippen molar-refractivity contribution < 1.29 is 4.39 Å². The molecule has 3 aliphatic rings. The van der Waals surface area contributed by atoms with Gasteiger partial charge in [0.25, 0.3) is 0 Å². The van der Waals surface area contributed by atoms with Crippen LogP contribution in [-0.4, -0.2) is 29.7 Å². The average molecular weight is 328 g/mol. The second kappa shape index (κ2) is 6.24. The van der Waals surface area contributed by atoms with Crippen LogP contribution in [0.15, 0.2) is 40.2 Å². The molecule has 0 aromatic rings. The minimum atomic E-state index is -0.330. The van der Waals surface area contributed by atoms with Crippen molar-refractivity contribution in [2.45, 2.75) is 36.3 Å². The first-order chi connectivity index (χ1) is 10.1. The van der Waals surface area contributed by atoms with Crippen molar-refractivity contribution in [1.82, 2.24) is 5.32 Å². The van der Waals surface area contributed by atoms with Crippen LogP contribution in [0.5, 0.6) is 0 Å². The van der Waals surface area contributed by atoms with E-state index in [1.54, 1.807) is 0 Å². The zero-order valence-corrected chi connectivity index (χ0v) is 13.1. The normalized spacial score (nSPS) is 42.9. The molecule has 2 heterocycles. The number of nitrogens with one attached hydrogen (secondary N) is 1. The zero-order chi connectivity index (χ0) is 15.0. The second-order valence-corrected chi connectivity index (χ2v) is 6.81. The van der Waals surface area contributed by atoms with Crippen LogP contribution < -0.4 is 11.1 Å². The molecule has 0 aromatic carbocycles. The van der Waals surface area contributed by atoms with Crippen molar-refractivity contribution in [3.8, 4) is 0 Å². The molecule has 0 spiro atoms. The van der Waals surface area contributed by atoms with Crippen molar-refractivity contribution in [1.29, 1.82) is 0 Å². The molecule has 0 bridgehead atoms. The summed E-state index contributed by atoms with van der Waals surface area (Å²) < 4.78 is 13.4. The van der Waals surface area contributed by atoms with Crippen molar-refractivity contribution in [3.63, 3.8) is 0 Å². The van der Waals surface area contributed by atoms with Crippen LogP contribution in [0.25, 0.3) is 0 Å². The Kier molecular flexibility index (Phi) is 4.54. The minimum Gasteiger partial charge on any atom is -0.322 e. The molecule has 6 unspecified atom stereocenters. The fourth-order valence-electron chi connectivity index (χ4n) is 3.23. The molecule has 0 fully saturated rings. The number of hydrogen-bond acceptors (Lipinski definition) is 4. The summed E-state index contributed by atoms with van der Waals surface area (Å²) in [6, 6.07) is 0.217. The highest BCUT2D eigenvalue weighted by Gasteiger charge is 2.38. The summed E-state index contributed by atoms with van der Waals surface area (Å²) in [6.45, 7) is 0. The van der Waals surface area contributed by atoms with Gasteiger partial charge in [0, 0.05) is 23.9 Å². The first-order valence-corrected chi connectivity index (χ1v) is 8.07. The summed E-state index contributed by atoms with van der Waals surface area (Å²) in [5.41, 5.74) is 5.92. The lowest BCUT2D eigenvalue weighted by Crippen LogP contribution is -2.52. The molecule has 1 aliphatic carbocycles. The monoisotopic (exact) mass is 327 g/mol. The standard InChI is InChI=1S/C15H19ClFN3S/c16-10-7-8(1-2-11(10)17)14-9(5-6-19-14)13-4-3-12(18)15(21)20-13/h1-4,6,8-9,12-15,20-21H,5,7,18H2. The van der Waals surface area contributed by atoms with Gasteiger partial charge in [0.15, 0.2) is 0 Å². The molecule has 0 radical (unpaired) electrons. The molecule has 2 aliphatic heterocycles. The maximum atomic E-state index is 13.4. The summed E-state index contributed by atoms with van der Waals surface area (Å²) in [6.07, 6.45) is 10.8. The first-order valence-electron chi connectivity index (χ1n) is 7.18. The smallest absolute Gasteiger partial charge is 0.137 e. The average Bonchev–Trinajstić information content (AvgIpc) is 2.94. The number of halogens is 2. The molecule has 114 valence electrons. The number of nitrogens with two attached hydrogens (primary N) is 1. The molecular weight excluding hydrogens is 309 g/mol. The van der Waals surface area contributed by atoms with Crippen LogP contribution in [0.4, 0.5) is 4.39 Å². The van der Waals surface area contributed by atoms with E-state index in [0.29, 0.717) is 17.4 Å². The van der Waals surface area contributed by atoms with Crippen molar-refractivity contribution in [3.05, 3.63) is 35.2 Å². The summed E-state index contributed by atoms with van der Waals surface area (Å²) in [5, 5.41) is 3.67. The lowest BCUT2D eigenvalue weighted by molar-refractivity contribution is 0.306. The third-order valence-corrected chi connectivity index (χ3v) is 5.25. The number of aliphatic imine (C=N–C) groups is 1. The van der Waals surface area contributed by atoms with Crippen LogP contribution in [0.2, 0.25) is 0 Å². The summed E-state index contributed by atoms with van der Waals surface area (Å²) in [7, 11) is 0. The van der Waals surface area contributed by atoms with Crippen molar-refractivity contribution >= 4 is 30.4 Å². The molecule has 3 N–H and O–H groups in total. The predicted octanol–water partition coefficient (Wildman–Crippen LogP) is 2.55. The third-order valence-electron chi connectivity index (χ3n) is 4.43. The lowest BCUT2D eigenvalue weighted by Gasteiger charge is -2.36. The maximum Gasteiger partial charge on any atom is 0.137 e. The SMILES string of the molecule is NC1C=CC(C2CC=NC2C2C=CC(F)=C(Cl)C2)NC1S. The maximum absolute atomic E-state index is 13.4. The van der Waals surface area contributed by atoms with Crippen LogP contribution in [0.3, 0.4) is 0 Å². The Morgan fingerprint density at radius 2 is 2.19 bits per heavy atom. The molecule has 21 heavy (non-hydrogen) atoms. The molecule has 0 amide bonds. The molecule has 6 atom stereocenters. The van der Waals surface area contributed by atoms with E-state index >= 15 is 0 Å². The minimum absolute atomic E-state index is 0.0518. The fraction of sp³-hybridized carbons (Fsp3) is 0.533. The summed E-state index contributed by atoms with van der Waals surface area (Å²) >= 11 is 10.4. The van der Waals surface area contributed by atoms with E-state index < -0.39 is 0 Å². The predicted molar refractivity (Wildman–Crippen MR) is 88.4 cm³/mol. The first kappa shape index (κ1) is 15.3. The fourth-order valence-corrected chi connectivity index (χ4v) is 3.74. The van der Waals surface area contributed by atoms with Gasteiger partial charge in [-0.1, -0.05) is 29.8 Å². The van der Waals surface area contributed by atoms with E-state index in [9.17, 15) is 4.39 Å². The zero-order valence-electron chi connectivity index (χ0n) is 11.5. The summed E-state index contributed by atoms with van der Waals surface area (Å²) in [5.74, 6) is 0.136. The van der Waals surface area contributed by atoms with Gasteiger partial charge in [0.2, 0.25) is 0 Å². The topological polar surface area (TPSA) is 50.4 Å². The Morgan fingerprint density at radius 1 is 1.38 bits per heavy atom. The van der Waals surface area contributed by atoms with Gasteiger partial charge in [-0.25, -0.2) is 4.39 Å². The molecule has 0 saturated heterocycles. The van der Waals surface area contributed by atoms with Crippen LogP contribution in [-0.2, 0) is 0 Å². The number of rotatable bonds is 2. The van der Waals surface area contributed by atoms with Gasteiger partial charge >= 0.3 is 0 Å². The second-order valence-electron chi connectivity index (χ2n) is 5.80. The quantitative estimate of drug-likeness (QED) is 0.539. The Morgan fingerprint density at radius 3 is 2.90 bits per heavy atom. The molecule has 0 saturated carbocycles. The molecular formula is C15H19ClFN3S. The number of thiol groups is 1. The highest BCUT2D eigenvalue weighted by molar-refractivity contribution is 7.81.